The van der Waals surface area contributed by atoms with Crippen LogP contribution in [0.5, 0.6) is 0 Å². The minimum Gasteiger partial charge on any atom is -0.338 e. The van der Waals surface area contributed by atoms with E-state index in [4.69, 9.17) is 10.3 Å². The van der Waals surface area contributed by atoms with E-state index in [-0.39, 0.29) is 6.54 Å². The second-order valence-electron chi connectivity index (χ2n) is 3.16. The summed E-state index contributed by atoms with van der Waals surface area (Å²) >= 11 is 3.28. The number of aromatic nitrogens is 2. The molecular weight excluding hydrogens is 277 g/mol. The van der Waals surface area contributed by atoms with E-state index in [1.807, 2.05) is 0 Å². The third kappa shape index (κ3) is 2.12. The zero-order valence-electron chi connectivity index (χ0n) is 8.28. The smallest absolute Gasteiger partial charge is 0.240 e. The average Bonchev–Trinajstić information content (AvgIpc) is 2.77. The quantitative estimate of drug-likeness (QED) is 0.941. The first kappa shape index (κ1) is 11.2. The second-order valence-corrected chi connectivity index (χ2v) is 4.01. The zero-order chi connectivity index (χ0) is 11.5. The van der Waals surface area contributed by atoms with Crippen LogP contribution in [-0.4, -0.2) is 10.1 Å². The number of halogens is 2. The van der Waals surface area contributed by atoms with Crippen molar-refractivity contribution in [3.63, 3.8) is 0 Å². The van der Waals surface area contributed by atoms with Crippen LogP contribution >= 0.6 is 15.9 Å². The first-order chi connectivity index (χ1) is 7.74. The normalized spacial score (nSPS) is 10.7. The van der Waals surface area contributed by atoms with Gasteiger partial charge in [0.15, 0.2) is 0 Å². The first-order valence-electron chi connectivity index (χ1n) is 4.62. The van der Waals surface area contributed by atoms with Crippen molar-refractivity contribution in [3.05, 3.63) is 34.1 Å². The summed E-state index contributed by atoms with van der Waals surface area (Å²) in [5.41, 5.74) is 6.71. The Morgan fingerprint density at radius 3 is 2.81 bits per heavy atom. The van der Waals surface area contributed by atoms with Crippen LogP contribution in [0.1, 0.15) is 11.5 Å². The molecular formula is C10H9BrFN3O. The summed E-state index contributed by atoms with van der Waals surface area (Å²) in [6.07, 6.45) is 0. The van der Waals surface area contributed by atoms with Crippen LogP contribution in [0.25, 0.3) is 11.4 Å². The van der Waals surface area contributed by atoms with Crippen LogP contribution in [0, 0.1) is 0 Å². The molecule has 0 aliphatic rings. The van der Waals surface area contributed by atoms with Gasteiger partial charge in [-0.05, 0) is 11.6 Å². The lowest BCUT2D eigenvalue weighted by Crippen LogP contribution is -1.95. The van der Waals surface area contributed by atoms with Crippen LogP contribution in [0.4, 0.5) is 4.39 Å². The number of benzene rings is 1. The Balaban J connectivity index is 2.37. The lowest BCUT2D eigenvalue weighted by atomic mass is 10.1. The molecule has 0 spiro atoms. The lowest BCUT2D eigenvalue weighted by Gasteiger charge is -2.00. The predicted molar refractivity (Wildman–Crippen MR) is 60.1 cm³/mol. The van der Waals surface area contributed by atoms with Crippen molar-refractivity contribution in [2.75, 3.05) is 0 Å². The SMILES string of the molecule is NCc1nc(-c2ccc(CF)c(Br)c2)no1. The zero-order valence-corrected chi connectivity index (χ0v) is 9.87. The third-order valence-electron chi connectivity index (χ3n) is 2.10. The molecule has 0 fully saturated rings. The van der Waals surface area contributed by atoms with Crippen molar-refractivity contribution < 1.29 is 8.91 Å². The van der Waals surface area contributed by atoms with Crippen molar-refractivity contribution in [2.45, 2.75) is 13.2 Å². The van der Waals surface area contributed by atoms with Crippen LogP contribution < -0.4 is 5.73 Å². The molecule has 2 rings (SSSR count). The molecule has 0 saturated carbocycles. The Bertz CT molecular complexity index is 501. The Morgan fingerprint density at radius 2 is 2.25 bits per heavy atom. The van der Waals surface area contributed by atoms with Gasteiger partial charge in [0.05, 0.1) is 6.54 Å². The Labute approximate surface area is 99.8 Å². The molecule has 2 N–H and O–H groups in total. The summed E-state index contributed by atoms with van der Waals surface area (Å²) in [6, 6.07) is 5.17. The number of hydrogen-bond acceptors (Lipinski definition) is 4. The number of nitrogens with zero attached hydrogens (tertiary/aromatic N) is 2. The number of hydrogen-bond donors (Lipinski definition) is 1. The molecule has 84 valence electrons. The van der Waals surface area contributed by atoms with Gasteiger partial charge in [0, 0.05) is 10.0 Å². The van der Waals surface area contributed by atoms with E-state index in [9.17, 15) is 4.39 Å². The van der Waals surface area contributed by atoms with E-state index in [0.717, 1.165) is 5.56 Å². The van der Waals surface area contributed by atoms with Gasteiger partial charge in [-0.1, -0.05) is 33.2 Å². The molecule has 6 heteroatoms. The summed E-state index contributed by atoms with van der Waals surface area (Å²) in [5, 5.41) is 3.77. The Kier molecular flexibility index (Phi) is 3.31. The van der Waals surface area contributed by atoms with Crippen molar-refractivity contribution >= 4 is 15.9 Å². The molecule has 0 unspecified atom stereocenters. The molecule has 1 heterocycles. The van der Waals surface area contributed by atoms with Gasteiger partial charge in [0.2, 0.25) is 11.7 Å². The fourth-order valence-electron chi connectivity index (χ4n) is 1.25. The van der Waals surface area contributed by atoms with Gasteiger partial charge < -0.3 is 10.3 Å². The Hall–Kier alpha value is -1.27. The van der Waals surface area contributed by atoms with Crippen LogP contribution in [0.2, 0.25) is 0 Å². The van der Waals surface area contributed by atoms with Crippen LogP contribution in [0.3, 0.4) is 0 Å². The van der Waals surface area contributed by atoms with Crippen molar-refractivity contribution in [1.29, 1.82) is 0 Å². The highest BCUT2D eigenvalue weighted by Crippen LogP contribution is 2.24. The minimum atomic E-state index is -0.513. The molecule has 0 amide bonds. The highest BCUT2D eigenvalue weighted by molar-refractivity contribution is 9.10. The van der Waals surface area contributed by atoms with E-state index in [1.54, 1.807) is 18.2 Å². The van der Waals surface area contributed by atoms with E-state index < -0.39 is 6.67 Å². The van der Waals surface area contributed by atoms with E-state index in [1.165, 1.54) is 0 Å². The van der Waals surface area contributed by atoms with Gasteiger partial charge in [-0.25, -0.2) is 4.39 Å². The fraction of sp³-hybridized carbons (Fsp3) is 0.200. The van der Waals surface area contributed by atoms with Gasteiger partial charge in [0.1, 0.15) is 6.67 Å². The molecule has 0 aliphatic carbocycles. The van der Waals surface area contributed by atoms with Gasteiger partial charge in [-0.15, -0.1) is 0 Å². The predicted octanol–water partition coefficient (Wildman–Crippen LogP) is 2.43. The third-order valence-corrected chi connectivity index (χ3v) is 2.84. The topological polar surface area (TPSA) is 64.9 Å². The standard InChI is InChI=1S/C10H9BrFN3O/c11-8-3-6(1-2-7(8)4-12)10-14-9(5-13)16-15-10/h1-3H,4-5,13H2. The van der Waals surface area contributed by atoms with Crippen LogP contribution in [-0.2, 0) is 13.2 Å². The van der Waals surface area contributed by atoms with E-state index >= 15 is 0 Å². The largest absolute Gasteiger partial charge is 0.338 e. The van der Waals surface area contributed by atoms with Crippen LogP contribution in [0.15, 0.2) is 27.2 Å². The monoisotopic (exact) mass is 285 g/mol. The molecule has 0 saturated heterocycles. The molecule has 0 atom stereocenters. The molecule has 1 aromatic carbocycles. The highest BCUT2D eigenvalue weighted by atomic mass is 79.9. The Morgan fingerprint density at radius 1 is 1.44 bits per heavy atom. The van der Waals surface area contributed by atoms with Gasteiger partial charge >= 0.3 is 0 Å². The maximum Gasteiger partial charge on any atom is 0.240 e. The van der Waals surface area contributed by atoms with Gasteiger partial charge in [0.25, 0.3) is 0 Å². The molecule has 4 nitrogen and oxygen atoms in total. The van der Waals surface area contributed by atoms with E-state index in [0.29, 0.717) is 21.8 Å². The molecule has 1 aromatic heterocycles. The minimum absolute atomic E-state index is 0.205. The van der Waals surface area contributed by atoms with Crippen molar-refractivity contribution in [2.24, 2.45) is 5.73 Å². The summed E-state index contributed by atoms with van der Waals surface area (Å²) in [4.78, 5) is 4.08. The number of alkyl halides is 1. The molecule has 0 aliphatic heterocycles. The second kappa shape index (κ2) is 4.71. The fourth-order valence-corrected chi connectivity index (χ4v) is 1.73. The molecule has 16 heavy (non-hydrogen) atoms. The van der Waals surface area contributed by atoms with Gasteiger partial charge in [-0.3, -0.25) is 0 Å². The number of rotatable bonds is 3. The van der Waals surface area contributed by atoms with E-state index in [2.05, 4.69) is 26.1 Å². The lowest BCUT2D eigenvalue weighted by molar-refractivity contribution is 0.380. The maximum atomic E-state index is 12.5. The highest BCUT2D eigenvalue weighted by Gasteiger charge is 2.09. The average molecular weight is 286 g/mol. The molecule has 2 aromatic rings. The summed E-state index contributed by atoms with van der Waals surface area (Å²) in [5.74, 6) is 0.826. The summed E-state index contributed by atoms with van der Waals surface area (Å²) < 4.78 is 18.1. The number of nitrogens with two attached hydrogens (primary N) is 1. The molecule has 0 bridgehead atoms. The molecule has 0 radical (unpaired) electrons. The van der Waals surface area contributed by atoms with Crippen molar-refractivity contribution in [1.82, 2.24) is 10.1 Å². The maximum absolute atomic E-state index is 12.5. The summed E-state index contributed by atoms with van der Waals surface area (Å²) in [7, 11) is 0. The first-order valence-corrected chi connectivity index (χ1v) is 5.41. The van der Waals surface area contributed by atoms with Crippen molar-refractivity contribution in [3.8, 4) is 11.4 Å². The summed E-state index contributed by atoms with van der Waals surface area (Å²) in [6.45, 7) is -0.308. The van der Waals surface area contributed by atoms with Gasteiger partial charge in [-0.2, -0.15) is 4.98 Å².